The number of aromatic nitrogens is 1. The lowest BCUT2D eigenvalue weighted by Gasteiger charge is -2.26. The summed E-state index contributed by atoms with van der Waals surface area (Å²) in [4.78, 5) is 39.7. The Morgan fingerprint density at radius 3 is 2.48 bits per heavy atom. The van der Waals surface area contributed by atoms with Crippen molar-refractivity contribution >= 4 is 35.4 Å². The molecule has 0 unspecified atom stereocenters. The minimum atomic E-state index is -0.537. The van der Waals surface area contributed by atoms with Crippen LogP contribution in [0.2, 0.25) is 0 Å². The van der Waals surface area contributed by atoms with Gasteiger partial charge >= 0.3 is 5.97 Å². The van der Waals surface area contributed by atoms with Crippen molar-refractivity contribution < 1.29 is 19.1 Å². The third-order valence-electron chi connectivity index (χ3n) is 5.29. The van der Waals surface area contributed by atoms with E-state index < -0.39 is 5.97 Å². The fourth-order valence-electron chi connectivity index (χ4n) is 3.41. The smallest absolute Gasteiger partial charge is 0.333 e. The molecule has 0 atom stereocenters. The number of hydrogen-bond donors (Lipinski definition) is 0. The van der Waals surface area contributed by atoms with Gasteiger partial charge in [-0.2, -0.15) is 0 Å². The quantitative estimate of drug-likeness (QED) is 0.640. The molecule has 1 saturated heterocycles. The van der Waals surface area contributed by atoms with Gasteiger partial charge in [0.1, 0.15) is 11.2 Å². The van der Waals surface area contributed by atoms with Crippen LogP contribution in [0, 0.1) is 20.8 Å². The third kappa shape index (κ3) is 5.51. The maximum absolute atomic E-state index is 13.2. The summed E-state index contributed by atoms with van der Waals surface area (Å²) in [5.41, 5.74) is 4.03. The minimum Gasteiger partial charge on any atom is -0.463 e. The van der Waals surface area contributed by atoms with Crippen molar-refractivity contribution in [3.63, 3.8) is 0 Å². The van der Waals surface area contributed by atoms with E-state index in [9.17, 15) is 14.4 Å². The fraction of sp³-hybridized carbons (Fsp3) is 0.435. The van der Waals surface area contributed by atoms with Gasteiger partial charge in [0.15, 0.2) is 0 Å². The van der Waals surface area contributed by atoms with E-state index in [1.54, 1.807) is 11.8 Å². The molecule has 0 bridgehead atoms. The van der Waals surface area contributed by atoms with E-state index in [0.29, 0.717) is 35.5 Å². The maximum atomic E-state index is 13.2. The Bertz CT molecular complexity index is 1160. The van der Waals surface area contributed by atoms with Gasteiger partial charge in [-0.25, -0.2) is 4.79 Å². The molecule has 0 radical (unpaired) electrons. The number of esters is 1. The zero-order valence-electron chi connectivity index (χ0n) is 18.4. The summed E-state index contributed by atoms with van der Waals surface area (Å²) in [6, 6.07) is 4.13. The first-order chi connectivity index (χ1) is 14.8. The summed E-state index contributed by atoms with van der Waals surface area (Å²) in [6.45, 7) is 9.86. The predicted molar refractivity (Wildman–Crippen MR) is 121 cm³/mol. The first-order valence-electron chi connectivity index (χ1n) is 10.3. The number of amides is 1. The number of nitrogens with zero attached hydrogens (tertiary/aromatic N) is 2. The highest BCUT2D eigenvalue weighted by atomic mass is 32.1. The van der Waals surface area contributed by atoms with Crippen LogP contribution in [0.15, 0.2) is 16.9 Å². The predicted octanol–water partition coefficient (Wildman–Crippen LogP) is 0.866. The summed E-state index contributed by atoms with van der Waals surface area (Å²) in [5.74, 6) is -0.708. The molecule has 1 amide bonds. The lowest BCUT2D eigenvalue weighted by molar-refractivity contribution is -0.136. The Morgan fingerprint density at radius 2 is 1.81 bits per heavy atom. The van der Waals surface area contributed by atoms with Crippen molar-refractivity contribution in [3.05, 3.63) is 53.9 Å². The van der Waals surface area contributed by atoms with E-state index in [1.807, 2.05) is 32.9 Å². The van der Waals surface area contributed by atoms with E-state index >= 15 is 0 Å². The number of aryl methyl sites for hydroxylation is 3. The van der Waals surface area contributed by atoms with Crippen LogP contribution in [-0.2, 0) is 25.6 Å². The van der Waals surface area contributed by atoms with Crippen LogP contribution in [-0.4, -0.2) is 54.3 Å². The molecule has 0 N–H and O–H groups in total. The van der Waals surface area contributed by atoms with E-state index in [-0.39, 0.29) is 24.6 Å². The molecule has 166 valence electrons. The Morgan fingerprint density at radius 1 is 1.13 bits per heavy atom. The molecule has 7 nitrogen and oxygen atoms in total. The molecule has 2 aromatic rings. The molecule has 1 aliphatic heterocycles. The van der Waals surface area contributed by atoms with Crippen LogP contribution in [0.5, 0.6) is 0 Å². The number of benzene rings is 1. The van der Waals surface area contributed by atoms with Crippen molar-refractivity contribution in [2.75, 3.05) is 32.9 Å². The minimum absolute atomic E-state index is 0.125. The van der Waals surface area contributed by atoms with Gasteiger partial charge in [-0.15, -0.1) is 11.3 Å². The van der Waals surface area contributed by atoms with Crippen LogP contribution in [0.3, 0.4) is 0 Å². The van der Waals surface area contributed by atoms with Crippen LogP contribution in [0.4, 0.5) is 0 Å². The van der Waals surface area contributed by atoms with E-state index in [0.717, 1.165) is 16.7 Å². The number of carbonyl (C=O) groups excluding carboxylic acids is 2. The van der Waals surface area contributed by atoms with Crippen molar-refractivity contribution in [2.45, 2.75) is 34.2 Å². The van der Waals surface area contributed by atoms with Gasteiger partial charge in [-0.05, 0) is 56.0 Å². The van der Waals surface area contributed by atoms with Gasteiger partial charge in [0.25, 0.3) is 5.56 Å². The van der Waals surface area contributed by atoms with Gasteiger partial charge in [0.05, 0.1) is 30.4 Å². The normalized spacial score (nSPS) is 15.4. The number of hydrogen-bond acceptors (Lipinski definition) is 6. The zero-order chi connectivity index (χ0) is 22.5. The molecular formula is C23H28N2O5S. The molecule has 0 saturated carbocycles. The third-order valence-corrected chi connectivity index (χ3v) is 6.35. The highest BCUT2D eigenvalue weighted by Crippen LogP contribution is 2.15. The number of morpholine rings is 1. The Hall–Kier alpha value is -2.71. The molecule has 1 aliphatic rings. The molecule has 0 aliphatic carbocycles. The molecular weight excluding hydrogens is 416 g/mol. The van der Waals surface area contributed by atoms with Crippen molar-refractivity contribution in [2.24, 2.45) is 0 Å². The molecule has 2 heterocycles. The number of thiazole rings is 1. The van der Waals surface area contributed by atoms with Crippen molar-refractivity contribution in [1.29, 1.82) is 0 Å². The van der Waals surface area contributed by atoms with Crippen molar-refractivity contribution in [1.82, 2.24) is 9.47 Å². The van der Waals surface area contributed by atoms with Gasteiger partial charge in [0.2, 0.25) is 5.91 Å². The van der Waals surface area contributed by atoms with Gasteiger partial charge in [-0.1, -0.05) is 12.1 Å². The van der Waals surface area contributed by atoms with Gasteiger partial charge < -0.3 is 14.4 Å². The summed E-state index contributed by atoms with van der Waals surface area (Å²) in [5, 5.41) is 0. The molecule has 0 spiro atoms. The average Bonchev–Trinajstić information content (AvgIpc) is 3.01. The molecule has 1 fully saturated rings. The molecule has 1 aromatic heterocycles. The highest BCUT2D eigenvalue weighted by molar-refractivity contribution is 7.07. The second-order valence-corrected chi connectivity index (χ2v) is 8.59. The van der Waals surface area contributed by atoms with Crippen LogP contribution in [0.1, 0.15) is 29.2 Å². The largest absolute Gasteiger partial charge is 0.463 e. The lowest BCUT2D eigenvalue weighted by Crippen LogP contribution is -2.45. The number of rotatable bonds is 5. The Balaban J connectivity index is 2.08. The number of ether oxygens (including phenoxy) is 2. The van der Waals surface area contributed by atoms with Crippen LogP contribution >= 0.6 is 11.3 Å². The zero-order valence-corrected chi connectivity index (χ0v) is 19.2. The first-order valence-corrected chi connectivity index (χ1v) is 11.1. The Labute approximate surface area is 185 Å². The Kier molecular flexibility index (Phi) is 7.46. The molecule has 3 rings (SSSR count). The molecule has 31 heavy (non-hydrogen) atoms. The van der Waals surface area contributed by atoms with E-state index in [2.05, 4.69) is 6.07 Å². The molecule has 1 aromatic carbocycles. The van der Waals surface area contributed by atoms with E-state index in [1.165, 1.54) is 27.5 Å². The summed E-state index contributed by atoms with van der Waals surface area (Å²) in [6.07, 6.45) is 3.11. The van der Waals surface area contributed by atoms with Gasteiger partial charge in [-0.3, -0.25) is 14.2 Å². The summed E-state index contributed by atoms with van der Waals surface area (Å²) >= 11 is 1.19. The maximum Gasteiger partial charge on any atom is 0.333 e. The van der Waals surface area contributed by atoms with Gasteiger partial charge in [0, 0.05) is 13.1 Å². The van der Waals surface area contributed by atoms with Crippen molar-refractivity contribution in [3.8, 4) is 0 Å². The van der Waals surface area contributed by atoms with E-state index in [4.69, 9.17) is 9.47 Å². The van der Waals surface area contributed by atoms with Crippen LogP contribution in [0.25, 0.3) is 12.2 Å². The highest BCUT2D eigenvalue weighted by Gasteiger charge is 2.19. The first kappa shape index (κ1) is 23.0. The fourth-order valence-corrected chi connectivity index (χ4v) is 4.43. The SMILES string of the molecule is CCOC(=O)/C=c1\s/c(=C\c2cc(C)c(C)cc2C)c(=O)n1CC(=O)N1CCOCC1. The molecule has 8 heteroatoms. The standard InChI is InChI=1S/C23H28N2O5S/c1-5-30-22(27)13-21-25(14-20(26)24-6-8-29-9-7-24)23(28)19(31-21)12-18-11-16(3)15(2)10-17(18)4/h10-13H,5-9,14H2,1-4H3/b19-12-,21-13-. The summed E-state index contributed by atoms with van der Waals surface area (Å²) < 4.78 is 12.5. The average molecular weight is 445 g/mol. The second-order valence-electron chi connectivity index (χ2n) is 7.52. The second kappa shape index (κ2) is 10.1. The number of carbonyl (C=O) groups is 2. The summed E-state index contributed by atoms with van der Waals surface area (Å²) in [7, 11) is 0. The topological polar surface area (TPSA) is 77.8 Å². The van der Waals surface area contributed by atoms with Crippen LogP contribution < -0.4 is 14.8 Å². The lowest BCUT2D eigenvalue weighted by atomic mass is 10.0. The monoisotopic (exact) mass is 444 g/mol.